The van der Waals surface area contributed by atoms with Crippen LogP contribution in [0.5, 0.6) is 5.75 Å². The van der Waals surface area contributed by atoms with Gasteiger partial charge in [-0.15, -0.1) is 0 Å². The topological polar surface area (TPSA) is 81.5 Å². The van der Waals surface area contributed by atoms with Gasteiger partial charge in [0, 0.05) is 61.1 Å². The fourth-order valence-electron chi connectivity index (χ4n) is 7.72. The number of carbonyl (C=O) groups excluding carboxylic acids is 1. The minimum atomic E-state index is -0.310. The van der Waals surface area contributed by atoms with Gasteiger partial charge in [-0.3, -0.25) is 9.69 Å². The summed E-state index contributed by atoms with van der Waals surface area (Å²) < 4.78 is 6.43. The van der Waals surface area contributed by atoms with Gasteiger partial charge in [0.05, 0.1) is 28.4 Å². The van der Waals surface area contributed by atoms with Crippen molar-refractivity contribution >= 4 is 17.5 Å². The maximum atomic E-state index is 13.6. The number of hydrogen-bond acceptors (Lipinski definition) is 6. The standard InChI is InChI=1S/C32H36ClN5O2/c1-31(2)29(32(3,4)30(31)40-24-9-6-21(18-34)26(33)17-24)38-19-27-25(28(38)39)10-8-22(36-27)7-5-20-15-23(16-20)37-13-11-35-12-14-37/h6,8-10,17,20,23,29-30,35H,11-16,19H2,1-4H3/t20-,23-,29-,30-. The number of nitrogens with one attached hydrogen (secondary N) is 1. The third-order valence-electron chi connectivity index (χ3n) is 9.36. The zero-order valence-electron chi connectivity index (χ0n) is 23.6. The smallest absolute Gasteiger partial charge is 0.256 e. The monoisotopic (exact) mass is 557 g/mol. The number of pyridine rings is 1. The molecule has 0 radical (unpaired) electrons. The Morgan fingerprint density at radius 3 is 2.50 bits per heavy atom. The van der Waals surface area contributed by atoms with Gasteiger partial charge < -0.3 is 15.0 Å². The molecule has 1 N–H and O–H groups in total. The van der Waals surface area contributed by atoms with E-state index in [1.54, 1.807) is 18.2 Å². The third kappa shape index (κ3) is 4.55. The average Bonchev–Trinajstić information content (AvgIpc) is 3.21. The number of fused-ring (bicyclic) bond motifs is 1. The summed E-state index contributed by atoms with van der Waals surface area (Å²) in [5.74, 6) is 7.79. The molecule has 0 bridgehead atoms. The summed E-state index contributed by atoms with van der Waals surface area (Å²) in [7, 11) is 0. The molecule has 1 aromatic carbocycles. The van der Waals surface area contributed by atoms with Crippen LogP contribution in [0.15, 0.2) is 30.3 Å². The normalized spacial score (nSPS) is 28.4. The van der Waals surface area contributed by atoms with Crippen molar-refractivity contribution in [2.45, 2.75) is 65.3 Å². The first-order valence-corrected chi connectivity index (χ1v) is 14.6. The lowest BCUT2D eigenvalue weighted by molar-refractivity contribution is -0.199. The van der Waals surface area contributed by atoms with Crippen LogP contribution in [0.3, 0.4) is 0 Å². The van der Waals surface area contributed by atoms with E-state index in [1.807, 2.05) is 17.0 Å². The van der Waals surface area contributed by atoms with Crippen molar-refractivity contribution < 1.29 is 9.53 Å². The highest BCUT2D eigenvalue weighted by Crippen LogP contribution is 2.59. The Morgan fingerprint density at radius 1 is 1.10 bits per heavy atom. The first-order valence-electron chi connectivity index (χ1n) is 14.2. The van der Waals surface area contributed by atoms with E-state index >= 15 is 0 Å². The number of benzene rings is 1. The number of amides is 1. The van der Waals surface area contributed by atoms with Crippen molar-refractivity contribution in [3.05, 3.63) is 57.9 Å². The Balaban J connectivity index is 1.12. The van der Waals surface area contributed by atoms with Crippen LogP contribution in [0.2, 0.25) is 5.02 Å². The van der Waals surface area contributed by atoms with E-state index in [4.69, 9.17) is 21.3 Å². The van der Waals surface area contributed by atoms with Crippen LogP contribution >= 0.6 is 11.6 Å². The maximum Gasteiger partial charge on any atom is 0.256 e. The maximum absolute atomic E-state index is 13.6. The lowest BCUT2D eigenvalue weighted by atomic mass is 9.49. The predicted octanol–water partition coefficient (Wildman–Crippen LogP) is 4.48. The number of halogens is 1. The lowest BCUT2D eigenvalue weighted by Gasteiger charge is -2.65. The minimum Gasteiger partial charge on any atom is -0.489 e. The van der Waals surface area contributed by atoms with Crippen LogP contribution in [0.1, 0.15) is 67.8 Å². The number of rotatable bonds is 4. The summed E-state index contributed by atoms with van der Waals surface area (Å²) in [5, 5.41) is 13.0. The Hall–Kier alpha value is -3.10. The molecule has 2 aliphatic heterocycles. The SMILES string of the molecule is CC1(C)[C@H](Oc2ccc(C#N)c(Cl)c2)C(C)(C)[C@H]1N1Cc2nc(C#C[C@H]3C[C@H](N4CCNCC4)C3)ccc2C1=O. The van der Waals surface area contributed by atoms with E-state index in [2.05, 4.69) is 55.8 Å². The van der Waals surface area contributed by atoms with Crippen molar-refractivity contribution in [1.29, 1.82) is 5.26 Å². The van der Waals surface area contributed by atoms with Crippen LogP contribution in [-0.4, -0.2) is 65.1 Å². The largest absolute Gasteiger partial charge is 0.489 e. The van der Waals surface area contributed by atoms with E-state index in [1.165, 1.54) is 0 Å². The van der Waals surface area contributed by atoms with Gasteiger partial charge in [0.2, 0.25) is 0 Å². The second-order valence-corrected chi connectivity index (χ2v) is 13.2. The Kier molecular flexibility index (Phi) is 6.82. The minimum absolute atomic E-state index is 0.0193. The summed E-state index contributed by atoms with van der Waals surface area (Å²) in [4.78, 5) is 22.9. The predicted molar refractivity (Wildman–Crippen MR) is 154 cm³/mol. The second kappa shape index (κ2) is 10.1. The number of carbonyl (C=O) groups is 1. The molecule has 6 rings (SSSR count). The number of hydrogen-bond donors (Lipinski definition) is 1. The molecule has 0 spiro atoms. The van der Waals surface area contributed by atoms with Crippen molar-refractivity contribution in [2.75, 3.05) is 26.2 Å². The lowest BCUT2D eigenvalue weighted by Crippen LogP contribution is -2.74. The van der Waals surface area contributed by atoms with Crippen LogP contribution in [0.25, 0.3) is 0 Å². The molecular weight excluding hydrogens is 522 g/mol. The summed E-state index contributed by atoms with van der Waals surface area (Å²) in [6.45, 7) is 13.5. The van der Waals surface area contributed by atoms with Crippen LogP contribution in [-0.2, 0) is 6.54 Å². The van der Waals surface area contributed by atoms with Gasteiger partial charge in [0.25, 0.3) is 5.91 Å². The van der Waals surface area contributed by atoms with Gasteiger partial charge >= 0.3 is 0 Å². The molecule has 0 unspecified atom stereocenters. The zero-order chi connectivity index (χ0) is 28.2. The van der Waals surface area contributed by atoms with Crippen LogP contribution < -0.4 is 10.1 Å². The summed E-state index contributed by atoms with van der Waals surface area (Å²) in [6.07, 6.45) is 2.12. The number of piperazine rings is 1. The Bertz CT molecular complexity index is 1420. The molecule has 208 valence electrons. The Morgan fingerprint density at radius 2 is 1.82 bits per heavy atom. The molecule has 2 aliphatic carbocycles. The highest BCUT2D eigenvalue weighted by Gasteiger charge is 2.67. The quantitative estimate of drug-likeness (QED) is 0.558. The molecule has 1 aromatic heterocycles. The van der Waals surface area contributed by atoms with Gasteiger partial charge in [0.15, 0.2) is 0 Å². The van der Waals surface area contributed by atoms with E-state index in [-0.39, 0.29) is 28.9 Å². The van der Waals surface area contributed by atoms with Crippen LogP contribution in [0.4, 0.5) is 0 Å². The van der Waals surface area contributed by atoms with Gasteiger partial charge in [-0.1, -0.05) is 45.2 Å². The molecule has 0 atom stereocenters. The van der Waals surface area contributed by atoms with Gasteiger partial charge in [-0.05, 0) is 43.0 Å². The zero-order valence-corrected chi connectivity index (χ0v) is 24.4. The number of nitriles is 1. The molecular formula is C32H36ClN5O2. The molecule has 40 heavy (non-hydrogen) atoms. The second-order valence-electron chi connectivity index (χ2n) is 12.8. The molecule has 1 saturated heterocycles. The Labute approximate surface area is 241 Å². The van der Waals surface area contributed by atoms with E-state index in [0.717, 1.165) is 50.4 Å². The van der Waals surface area contributed by atoms with Gasteiger partial charge in [0.1, 0.15) is 23.6 Å². The molecule has 2 saturated carbocycles. The van der Waals surface area contributed by atoms with E-state index < -0.39 is 0 Å². The van der Waals surface area contributed by atoms with Crippen molar-refractivity contribution in [3.63, 3.8) is 0 Å². The third-order valence-corrected chi connectivity index (χ3v) is 9.67. The molecule has 1 amide bonds. The summed E-state index contributed by atoms with van der Waals surface area (Å²) in [6, 6.07) is 11.6. The van der Waals surface area contributed by atoms with Crippen molar-refractivity contribution in [2.24, 2.45) is 16.7 Å². The highest BCUT2D eigenvalue weighted by atomic mass is 35.5. The highest BCUT2D eigenvalue weighted by molar-refractivity contribution is 6.31. The molecule has 2 aromatic rings. The summed E-state index contributed by atoms with van der Waals surface area (Å²) in [5.41, 5.74) is 2.01. The van der Waals surface area contributed by atoms with Crippen molar-refractivity contribution in [1.82, 2.24) is 20.1 Å². The number of aromatic nitrogens is 1. The molecule has 8 heteroatoms. The first-order chi connectivity index (χ1) is 19.1. The molecule has 3 heterocycles. The van der Waals surface area contributed by atoms with E-state index in [0.29, 0.717) is 40.4 Å². The van der Waals surface area contributed by atoms with Gasteiger partial charge in [-0.2, -0.15) is 5.26 Å². The van der Waals surface area contributed by atoms with E-state index in [9.17, 15) is 10.1 Å². The molecule has 4 aliphatic rings. The average molecular weight is 558 g/mol. The summed E-state index contributed by atoms with van der Waals surface area (Å²) >= 11 is 6.25. The number of nitrogens with zero attached hydrogens (tertiary/aromatic N) is 4. The van der Waals surface area contributed by atoms with Crippen LogP contribution in [0, 0.1) is 39.9 Å². The first kappa shape index (κ1) is 27.1. The fraction of sp³-hybridized carbons (Fsp3) is 0.531. The molecule has 3 fully saturated rings. The molecule has 7 nitrogen and oxygen atoms in total. The van der Waals surface area contributed by atoms with Crippen molar-refractivity contribution in [3.8, 4) is 23.7 Å². The fourth-order valence-corrected chi connectivity index (χ4v) is 7.93. The van der Waals surface area contributed by atoms with Gasteiger partial charge in [-0.25, -0.2) is 4.98 Å². The number of ether oxygens (including phenoxy) is 1.